The fraction of sp³-hybridized carbons (Fsp3) is 0. The molecule has 0 N–H and O–H groups in total. The third-order valence-corrected chi connectivity index (χ3v) is 1.13. The van der Waals surface area contributed by atoms with Crippen molar-refractivity contribution in [2.24, 2.45) is 0 Å². The molecule has 0 saturated carbocycles. The van der Waals surface area contributed by atoms with E-state index < -0.39 is 4.92 Å². The van der Waals surface area contributed by atoms with Gasteiger partial charge < -0.3 is 0 Å². The van der Waals surface area contributed by atoms with Crippen molar-refractivity contribution in [3.05, 3.63) is 39.9 Å². The van der Waals surface area contributed by atoms with Crippen LogP contribution in [0.3, 0.4) is 0 Å². The first-order chi connectivity index (χ1) is 5.66. The molecular weight excluding hydrogens is 146 g/mol. The first-order valence-corrected chi connectivity index (χ1v) is 2.86. The van der Waals surface area contributed by atoms with E-state index in [4.69, 9.17) is 1.37 Å². The number of carbonyl (C=O) groups is 1. The maximum Gasteiger partial charge on any atom is 0.270 e. The molecule has 1 rings (SSSR count). The van der Waals surface area contributed by atoms with Crippen molar-refractivity contribution in [3.63, 3.8) is 0 Å². The van der Waals surface area contributed by atoms with Gasteiger partial charge in [0.2, 0.25) is 0 Å². The number of carbonyl (C=O) groups excluding carboxylic acids is 1. The zero-order chi connectivity index (χ0) is 9.14. The van der Waals surface area contributed by atoms with Crippen LogP contribution < -0.4 is 0 Å². The Kier molecular flexibility index (Phi) is 1.60. The SMILES string of the molecule is [2H]c1c(C=O)cccc1[N+](=O)[O-]. The van der Waals surface area contributed by atoms with Gasteiger partial charge in [-0.15, -0.1) is 0 Å². The van der Waals surface area contributed by atoms with E-state index in [1.807, 2.05) is 0 Å². The summed E-state index contributed by atoms with van der Waals surface area (Å²) in [6, 6.07) is 3.59. The molecule has 0 atom stereocenters. The van der Waals surface area contributed by atoms with Gasteiger partial charge in [-0.2, -0.15) is 0 Å². The highest BCUT2D eigenvalue weighted by molar-refractivity contribution is 5.75. The highest BCUT2D eigenvalue weighted by Crippen LogP contribution is 2.10. The van der Waals surface area contributed by atoms with Crippen LogP contribution in [0.1, 0.15) is 11.7 Å². The number of nitro benzene ring substituents is 1. The van der Waals surface area contributed by atoms with E-state index in [2.05, 4.69) is 0 Å². The van der Waals surface area contributed by atoms with Gasteiger partial charge in [-0.1, -0.05) is 12.1 Å². The van der Waals surface area contributed by atoms with Gasteiger partial charge in [0.15, 0.2) is 0 Å². The van der Waals surface area contributed by atoms with Crippen LogP contribution in [0.25, 0.3) is 0 Å². The second kappa shape index (κ2) is 2.92. The van der Waals surface area contributed by atoms with Crippen molar-refractivity contribution in [2.75, 3.05) is 0 Å². The van der Waals surface area contributed by atoms with Crippen molar-refractivity contribution in [1.82, 2.24) is 0 Å². The summed E-state index contributed by atoms with van der Waals surface area (Å²) >= 11 is 0. The van der Waals surface area contributed by atoms with Crippen LogP contribution >= 0.6 is 0 Å². The third-order valence-electron chi connectivity index (χ3n) is 1.13. The summed E-state index contributed by atoms with van der Waals surface area (Å²) in [6.07, 6.45) is 0.426. The van der Waals surface area contributed by atoms with Crippen LogP contribution in [-0.4, -0.2) is 11.2 Å². The highest BCUT2D eigenvalue weighted by Gasteiger charge is 2.03. The zero-order valence-electron chi connectivity index (χ0n) is 6.48. The maximum absolute atomic E-state index is 10.3. The Labute approximate surface area is 64.0 Å². The highest BCUT2D eigenvalue weighted by atomic mass is 16.6. The van der Waals surface area contributed by atoms with Gasteiger partial charge in [-0.25, -0.2) is 0 Å². The minimum Gasteiger partial charge on any atom is -0.298 e. The Balaban J connectivity index is 3.32. The number of nitrogens with zero attached hydrogens (tertiary/aromatic N) is 1. The number of hydrogen-bond acceptors (Lipinski definition) is 3. The van der Waals surface area contributed by atoms with Gasteiger partial charge >= 0.3 is 0 Å². The molecule has 56 valence electrons. The summed E-state index contributed by atoms with van der Waals surface area (Å²) in [5, 5.41) is 10.3. The van der Waals surface area contributed by atoms with Gasteiger partial charge in [-0.05, 0) is 0 Å². The van der Waals surface area contributed by atoms with Crippen molar-refractivity contribution in [1.29, 1.82) is 0 Å². The molecule has 0 radical (unpaired) electrons. The molecule has 11 heavy (non-hydrogen) atoms. The summed E-state index contributed by atoms with van der Waals surface area (Å²) in [5.74, 6) is 0. The van der Waals surface area contributed by atoms with Crippen molar-refractivity contribution >= 4 is 12.0 Å². The Morgan fingerprint density at radius 1 is 1.64 bits per heavy atom. The minimum absolute atomic E-state index is 0.0317. The van der Waals surface area contributed by atoms with Crippen LogP contribution in [0.15, 0.2) is 24.2 Å². The lowest BCUT2D eigenvalue weighted by Gasteiger charge is -1.90. The number of benzene rings is 1. The number of nitro groups is 1. The smallest absolute Gasteiger partial charge is 0.270 e. The van der Waals surface area contributed by atoms with Crippen LogP contribution in [0.2, 0.25) is 0 Å². The predicted octanol–water partition coefficient (Wildman–Crippen LogP) is 1.41. The average Bonchev–Trinajstić information content (AvgIpc) is 2.04. The minimum atomic E-state index is -0.685. The maximum atomic E-state index is 10.3. The second-order valence-corrected chi connectivity index (χ2v) is 1.87. The molecule has 0 heterocycles. The summed E-state index contributed by atoms with van der Waals surface area (Å²) in [4.78, 5) is 19.8. The Hall–Kier alpha value is -1.71. The van der Waals surface area contributed by atoms with Crippen molar-refractivity contribution in [3.8, 4) is 0 Å². The first-order valence-electron chi connectivity index (χ1n) is 3.36. The molecule has 0 saturated heterocycles. The quantitative estimate of drug-likeness (QED) is 0.365. The molecule has 0 aromatic heterocycles. The normalized spacial score (nSPS) is 10.4. The third kappa shape index (κ3) is 1.61. The number of rotatable bonds is 2. The predicted molar refractivity (Wildman–Crippen MR) is 38.5 cm³/mol. The topological polar surface area (TPSA) is 60.2 Å². The van der Waals surface area contributed by atoms with E-state index in [1.165, 1.54) is 18.2 Å². The molecule has 0 spiro atoms. The lowest BCUT2D eigenvalue weighted by Crippen LogP contribution is -1.88. The van der Waals surface area contributed by atoms with E-state index in [0.29, 0.717) is 6.29 Å². The second-order valence-electron chi connectivity index (χ2n) is 1.87. The van der Waals surface area contributed by atoms with Crippen molar-refractivity contribution in [2.45, 2.75) is 0 Å². The number of hydrogen-bond donors (Lipinski definition) is 0. The molecule has 1 aromatic rings. The zero-order valence-corrected chi connectivity index (χ0v) is 5.48. The van der Waals surface area contributed by atoms with Gasteiger partial charge in [-0.3, -0.25) is 14.9 Å². The molecule has 4 heteroatoms. The van der Waals surface area contributed by atoms with Crippen LogP contribution in [0.4, 0.5) is 5.69 Å². The van der Waals surface area contributed by atoms with E-state index in [0.717, 1.165) is 0 Å². The molecule has 0 fully saturated rings. The standard InChI is InChI=1S/C7H5NO3/c9-5-6-2-1-3-7(4-6)8(10)11/h1-5H/i4D. The summed E-state index contributed by atoms with van der Waals surface area (Å²) in [7, 11) is 0. The molecular formula is C7H5NO3. The molecule has 1 aromatic carbocycles. The van der Waals surface area contributed by atoms with Crippen LogP contribution in [0, 0.1) is 10.1 Å². The molecule has 0 unspecified atom stereocenters. The molecule has 0 bridgehead atoms. The molecule has 0 aliphatic rings. The monoisotopic (exact) mass is 152 g/mol. The fourth-order valence-corrected chi connectivity index (χ4v) is 0.649. The molecule has 0 amide bonds. The van der Waals surface area contributed by atoms with Crippen LogP contribution in [-0.2, 0) is 0 Å². The lowest BCUT2D eigenvalue weighted by atomic mass is 10.2. The summed E-state index contributed by atoms with van der Waals surface area (Å²) in [5.41, 5.74) is -0.316. The van der Waals surface area contributed by atoms with E-state index in [-0.39, 0.29) is 17.3 Å². The van der Waals surface area contributed by atoms with Gasteiger partial charge in [0, 0.05) is 17.7 Å². The van der Waals surface area contributed by atoms with E-state index in [9.17, 15) is 14.9 Å². The summed E-state index contributed by atoms with van der Waals surface area (Å²) < 4.78 is 7.20. The number of aldehydes is 1. The van der Waals surface area contributed by atoms with Gasteiger partial charge in [0.05, 0.1) is 6.29 Å². The largest absolute Gasteiger partial charge is 0.298 e. The fourth-order valence-electron chi connectivity index (χ4n) is 0.649. The Morgan fingerprint density at radius 2 is 2.36 bits per heavy atom. The Morgan fingerprint density at radius 3 is 2.91 bits per heavy atom. The van der Waals surface area contributed by atoms with Gasteiger partial charge in [0.1, 0.15) is 6.29 Å². The molecule has 4 nitrogen and oxygen atoms in total. The first kappa shape index (κ1) is 6.03. The average molecular weight is 152 g/mol. The summed E-state index contributed by atoms with van der Waals surface area (Å²) in [6.45, 7) is 0. The van der Waals surface area contributed by atoms with Gasteiger partial charge in [0.25, 0.3) is 5.69 Å². The molecule has 0 aliphatic heterocycles. The van der Waals surface area contributed by atoms with E-state index >= 15 is 0 Å². The van der Waals surface area contributed by atoms with Crippen molar-refractivity contribution < 1.29 is 11.1 Å². The molecule has 0 aliphatic carbocycles. The van der Waals surface area contributed by atoms with E-state index in [1.54, 1.807) is 0 Å². The lowest BCUT2D eigenvalue weighted by molar-refractivity contribution is -0.384. The Bertz CT molecular complexity index is 337. The van der Waals surface area contributed by atoms with Crippen LogP contribution in [0.5, 0.6) is 0 Å².